The number of amides is 1. The maximum atomic E-state index is 13.4. The van der Waals surface area contributed by atoms with Gasteiger partial charge in [-0.05, 0) is 60.9 Å². The maximum absolute atomic E-state index is 13.4. The first-order chi connectivity index (χ1) is 18.9. The summed E-state index contributed by atoms with van der Waals surface area (Å²) in [5.74, 6) is -2.86. The van der Waals surface area contributed by atoms with E-state index < -0.39 is 35.9 Å². The Labute approximate surface area is 228 Å². The molecular formula is C30H30F3NO6. The number of hydrogen-bond donors (Lipinski definition) is 3. The summed E-state index contributed by atoms with van der Waals surface area (Å²) in [5.41, 5.74) is 0.625. The number of ketones is 1. The van der Waals surface area contributed by atoms with E-state index in [-0.39, 0.29) is 47.7 Å². The Balaban J connectivity index is 1.55. The van der Waals surface area contributed by atoms with Crippen molar-refractivity contribution in [3.63, 3.8) is 0 Å². The third kappa shape index (κ3) is 5.13. The molecule has 1 fully saturated rings. The van der Waals surface area contributed by atoms with Crippen LogP contribution in [0.15, 0.2) is 48.5 Å². The molecular weight excluding hydrogens is 527 g/mol. The van der Waals surface area contributed by atoms with Crippen molar-refractivity contribution in [3.8, 4) is 11.5 Å². The standard InChI is InChI=1S/C30H30F3NO6/c1-16-27(39-15-17-7-4-3-5-8-17)29(2,34-28(38)30(31,32)33)14-23(40-16)19-11-12-22(36)25-20(19)13-18-9-6-10-21(35)24(18)26(25)37/h3-5,7-8,11-13,16,23,27,36-37H,6,9-10,14-15H2,1-2H3,(H,34,38)/t16-,23-,27+,29-/m0/s1. The molecule has 1 aliphatic heterocycles. The van der Waals surface area contributed by atoms with Gasteiger partial charge in [0.1, 0.15) is 17.6 Å². The highest BCUT2D eigenvalue weighted by Crippen LogP contribution is 2.47. The van der Waals surface area contributed by atoms with Gasteiger partial charge in [-0.3, -0.25) is 9.59 Å². The predicted molar refractivity (Wildman–Crippen MR) is 140 cm³/mol. The number of fused-ring (bicyclic) bond motifs is 2. The molecule has 0 radical (unpaired) electrons. The number of carbonyl (C=O) groups is 2. The number of alkyl halides is 3. The molecule has 40 heavy (non-hydrogen) atoms. The molecule has 0 bridgehead atoms. The topological polar surface area (TPSA) is 105 Å². The van der Waals surface area contributed by atoms with Crippen molar-refractivity contribution in [2.45, 2.75) is 76.2 Å². The minimum Gasteiger partial charge on any atom is -0.507 e. The SMILES string of the molecule is C[C@@H]1O[C@H](c2ccc(O)c3c(O)c4c(cc23)CCCC4=O)C[C@](C)(NC(=O)C(F)(F)F)[C@@H]1OCc1ccccc1. The monoisotopic (exact) mass is 557 g/mol. The van der Waals surface area contributed by atoms with E-state index in [1.165, 1.54) is 13.0 Å². The molecule has 4 atom stereocenters. The van der Waals surface area contributed by atoms with Crippen molar-refractivity contribution in [2.75, 3.05) is 0 Å². The molecule has 1 heterocycles. The number of phenols is 2. The molecule has 0 spiro atoms. The van der Waals surface area contributed by atoms with Crippen LogP contribution in [0.3, 0.4) is 0 Å². The fourth-order valence-corrected chi connectivity index (χ4v) is 6.02. The minimum atomic E-state index is -5.10. The van der Waals surface area contributed by atoms with Crippen LogP contribution in [0.1, 0.15) is 66.3 Å². The van der Waals surface area contributed by atoms with Gasteiger partial charge in [0, 0.05) is 12.8 Å². The molecule has 1 amide bonds. The smallest absolute Gasteiger partial charge is 0.471 e. The lowest BCUT2D eigenvalue weighted by atomic mass is 9.79. The normalized spacial score (nSPS) is 25.0. The minimum absolute atomic E-state index is 0.0752. The van der Waals surface area contributed by atoms with E-state index in [0.717, 1.165) is 5.56 Å². The Bertz CT molecular complexity index is 1460. The number of carbonyl (C=O) groups excluding carboxylic acids is 2. The van der Waals surface area contributed by atoms with Crippen LogP contribution in [0.2, 0.25) is 0 Å². The van der Waals surface area contributed by atoms with E-state index in [1.54, 1.807) is 19.1 Å². The summed E-state index contributed by atoms with van der Waals surface area (Å²) in [6.07, 6.45) is -6.25. The van der Waals surface area contributed by atoms with Gasteiger partial charge in [0.2, 0.25) is 0 Å². The predicted octanol–water partition coefficient (Wildman–Crippen LogP) is 5.64. The summed E-state index contributed by atoms with van der Waals surface area (Å²) in [6.45, 7) is 3.26. The molecule has 212 valence electrons. The van der Waals surface area contributed by atoms with Crippen molar-refractivity contribution in [1.82, 2.24) is 5.32 Å². The Morgan fingerprint density at radius 3 is 2.58 bits per heavy atom. The second kappa shape index (κ2) is 10.4. The molecule has 0 unspecified atom stereocenters. The summed E-state index contributed by atoms with van der Waals surface area (Å²) in [7, 11) is 0. The molecule has 10 heteroatoms. The van der Waals surface area contributed by atoms with Crippen molar-refractivity contribution >= 4 is 22.5 Å². The number of aryl methyl sites for hydroxylation is 1. The zero-order valence-corrected chi connectivity index (χ0v) is 22.0. The highest BCUT2D eigenvalue weighted by molar-refractivity contribution is 6.09. The van der Waals surface area contributed by atoms with E-state index in [9.17, 15) is 33.0 Å². The Morgan fingerprint density at radius 1 is 1.15 bits per heavy atom. The van der Waals surface area contributed by atoms with Gasteiger partial charge in [0.05, 0.1) is 35.3 Å². The van der Waals surface area contributed by atoms with Crippen LogP contribution >= 0.6 is 0 Å². The highest BCUT2D eigenvalue weighted by Gasteiger charge is 2.51. The maximum Gasteiger partial charge on any atom is 0.471 e. The number of halogens is 3. The average Bonchev–Trinajstić information content (AvgIpc) is 2.88. The zero-order chi connectivity index (χ0) is 28.8. The number of rotatable bonds is 5. The van der Waals surface area contributed by atoms with Crippen molar-refractivity contribution in [2.24, 2.45) is 0 Å². The molecule has 3 aromatic carbocycles. The van der Waals surface area contributed by atoms with Crippen LogP contribution in [0.4, 0.5) is 13.2 Å². The molecule has 5 rings (SSSR count). The number of phenolic OH excluding ortho intramolecular Hbond substituents is 2. The van der Waals surface area contributed by atoms with E-state index in [0.29, 0.717) is 29.4 Å². The van der Waals surface area contributed by atoms with Crippen molar-refractivity contribution < 1.29 is 42.4 Å². The van der Waals surface area contributed by atoms with Gasteiger partial charge >= 0.3 is 12.1 Å². The average molecular weight is 558 g/mol. The van der Waals surface area contributed by atoms with Gasteiger partial charge in [-0.2, -0.15) is 13.2 Å². The molecule has 3 N–H and O–H groups in total. The first kappa shape index (κ1) is 27.9. The van der Waals surface area contributed by atoms with Crippen molar-refractivity contribution in [1.29, 1.82) is 0 Å². The van der Waals surface area contributed by atoms with E-state index in [1.807, 2.05) is 30.3 Å². The third-order valence-corrected chi connectivity index (χ3v) is 7.82. The van der Waals surface area contributed by atoms with Gasteiger partial charge in [0.15, 0.2) is 5.78 Å². The first-order valence-electron chi connectivity index (χ1n) is 13.1. The second-order valence-electron chi connectivity index (χ2n) is 10.8. The van der Waals surface area contributed by atoms with Gasteiger partial charge in [-0.1, -0.05) is 36.4 Å². The number of hydrogen-bond acceptors (Lipinski definition) is 6. The summed E-state index contributed by atoms with van der Waals surface area (Å²) in [6, 6.07) is 13.8. The lowest BCUT2D eigenvalue weighted by Crippen LogP contribution is -2.64. The summed E-state index contributed by atoms with van der Waals surface area (Å²) < 4.78 is 52.6. The molecule has 1 aliphatic carbocycles. The molecule has 3 aromatic rings. The van der Waals surface area contributed by atoms with Gasteiger partial charge in [-0.15, -0.1) is 0 Å². The molecule has 2 aliphatic rings. The van der Waals surface area contributed by atoms with Gasteiger partial charge < -0.3 is 25.0 Å². The lowest BCUT2D eigenvalue weighted by molar-refractivity contribution is -0.196. The Morgan fingerprint density at radius 2 is 1.88 bits per heavy atom. The van der Waals surface area contributed by atoms with E-state index >= 15 is 0 Å². The van der Waals surface area contributed by atoms with Crippen LogP contribution < -0.4 is 5.32 Å². The number of nitrogens with one attached hydrogen (secondary N) is 1. The summed E-state index contributed by atoms with van der Waals surface area (Å²) in [4.78, 5) is 24.7. The van der Waals surface area contributed by atoms with Crippen LogP contribution in [0.25, 0.3) is 10.8 Å². The molecule has 7 nitrogen and oxygen atoms in total. The van der Waals surface area contributed by atoms with Gasteiger partial charge in [-0.25, -0.2) is 0 Å². The first-order valence-corrected chi connectivity index (χ1v) is 13.1. The summed E-state index contributed by atoms with van der Waals surface area (Å²) >= 11 is 0. The molecule has 0 aromatic heterocycles. The van der Waals surface area contributed by atoms with Crippen LogP contribution in [-0.4, -0.2) is 45.8 Å². The van der Waals surface area contributed by atoms with Crippen LogP contribution in [-0.2, 0) is 27.3 Å². The third-order valence-electron chi connectivity index (χ3n) is 7.82. The summed E-state index contributed by atoms with van der Waals surface area (Å²) in [5, 5.41) is 24.3. The number of benzene rings is 3. The molecule has 0 saturated carbocycles. The largest absolute Gasteiger partial charge is 0.507 e. The fourth-order valence-electron chi connectivity index (χ4n) is 6.02. The quantitative estimate of drug-likeness (QED) is 0.375. The van der Waals surface area contributed by atoms with Crippen LogP contribution in [0, 0.1) is 0 Å². The Kier molecular flexibility index (Phi) is 7.26. The van der Waals surface area contributed by atoms with E-state index in [2.05, 4.69) is 5.32 Å². The zero-order valence-electron chi connectivity index (χ0n) is 22.0. The highest BCUT2D eigenvalue weighted by atomic mass is 19.4. The van der Waals surface area contributed by atoms with Crippen LogP contribution in [0.5, 0.6) is 11.5 Å². The van der Waals surface area contributed by atoms with Gasteiger partial charge in [0.25, 0.3) is 0 Å². The lowest BCUT2D eigenvalue weighted by Gasteiger charge is -2.48. The number of Topliss-reactive ketones (excluding diaryl/α,β-unsaturated/α-hetero) is 1. The second-order valence-corrected chi connectivity index (χ2v) is 10.8. The Hall–Kier alpha value is -3.63. The number of ether oxygens (including phenoxy) is 2. The van der Waals surface area contributed by atoms with E-state index in [4.69, 9.17) is 9.47 Å². The number of aromatic hydroxyl groups is 2. The molecule has 1 saturated heterocycles. The fraction of sp³-hybridized carbons (Fsp3) is 0.400. The van der Waals surface area contributed by atoms with Crippen molar-refractivity contribution in [3.05, 3.63) is 70.8 Å².